The van der Waals surface area contributed by atoms with Gasteiger partial charge in [0, 0.05) is 11.5 Å². The summed E-state index contributed by atoms with van der Waals surface area (Å²) in [6.45, 7) is 0. The maximum Gasteiger partial charge on any atom is 0.119 e. The molecule has 4 nitrogen and oxygen atoms in total. The molecule has 0 heterocycles. The Labute approximate surface area is 245 Å². The summed E-state index contributed by atoms with van der Waals surface area (Å²) >= 11 is 0. The van der Waals surface area contributed by atoms with E-state index in [9.17, 15) is 20.4 Å². The molecule has 6 rings (SSSR count). The van der Waals surface area contributed by atoms with Gasteiger partial charge in [-0.25, -0.2) is 0 Å². The standard InChI is InChI=1S/C38H30O4/c39-33-16-10-27(11-17-33)30-14-20-37(41)32(22-30)24-35(29-8-6-26(7-9-29)25-4-2-1-3-5-25)36-23-31(15-21-38(36)42)28-12-18-34(40)19-13-28/h1-23,35,39-42H,24H2. The zero-order valence-corrected chi connectivity index (χ0v) is 22.9. The van der Waals surface area contributed by atoms with Crippen LogP contribution in [0.3, 0.4) is 0 Å². The number of hydrogen-bond acceptors (Lipinski definition) is 4. The Balaban J connectivity index is 1.44. The molecule has 0 aromatic heterocycles. The first-order valence-electron chi connectivity index (χ1n) is 13.8. The van der Waals surface area contributed by atoms with Crippen LogP contribution >= 0.6 is 0 Å². The van der Waals surface area contributed by atoms with Crippen molar-refractivity contribution in [1.29, 1.82) is 0 Å². The topological polar surface area (TPSA) is 80.9 Å². The van der Waals surface area contributed by atoms with Gasteiger partial charge in [0.2, 0.25) is 0 Å². The quantitative estimate of drug-likeness (QED) is 0.160. The van der Waals surface area contributed by atoms with Crippen molar-refractivity contribution in [3.8, 4) is 56.4 Å². The number of hydrogen-bond donors (Lipinski definition) is 4. The van der Waals surface area contributed by atoms with E-state index in [1.54, 1.807) is 36.4 Å². The van der Waals surface area contributed by atoms with Crippen LogP contribution in [0.2, 0.25) is 0 Å². The van der Waals surface area contributed by atoms with Crippen LogP contribution in [0.1, 0.15) is 22.6 Å². The third-order valence-electron chi connectivity index (χ3n) is 7.73. The molecule has 1 atom stereocenters. The summed E-state index contributed by atoms with van der Waals surface area (Å²) < 4.78 is 0. The monoisotopic (exact) mass is 550 g/mol. The van der Waals surface area contributed by atoms with Crippen LogP contribution in [0.15, 0.2) is 140 Å². The zero-order chi connectivity index (χ0) is 29.1. The number of phenolic OH excluding ortho intramolecular Hbond substituents is 4. The first-order chi connectivity index (χ1) is 20.4. The van der Waals surface area contributed by atoms with E-state index in [1.807, 2.05) is 66.7 Å². The lowest BCUT2D eigenvalue weighted by Gasteiger charge is -2.22. The summed E-state index contributed by atoms with van der Waals surface area (Å²) in [5.74, 6) is 0.466. The fraction of sp³-hybridized carbons (Fsp3) is 0.0526. The maximum atomic E-state index is 11.2. The molecule has 0 bridgehead atoms. The molecule has 6 aromatic carbocycles. The summed E-state index contributed by atoms with van der Waals surface area (Å²) in [6.07, 6.45) is 0.440. The van der Waals surface area contributed by atoms with E-state index in [0.717, 1.165) is 50.1 Å². The van der Waals surface area contributed by atoms with Crippen LogP contribution in [0, 0.1) is 0 Å². The molecule has 0 spiro atoms. The molecular weight excluding hydrogens is 520 g/mol. The lowest BCUT2D eigenvalue weighted by molar-refractivity contribution is 0.458. The van der Waals surface area contributed by atoms with E-state index in [2.05, 4.69) is 36.4 Å². The summed E-state index contributed by atoms with van der Waals surface area (Å²) in [5, 5.41) is 41.6. The second-order valence-electron chi connectivity index (χ2n) is 10.5. The highest BCUT2D eigenvalue weighted by molar-refractivity contribution is 5.69. The predicted octanol–water partition coefficient (Wildman–Crippen LogP) is 8.88. The minimum Gasteiger partial charge on any atom is -0.508 e. The van der Waals surface area contributed by atoms with Gasteiger partial charge < -0.3 is 20.4 Å². The third kappa shape index (κ3) is 5.70. The molecule has 42 heavy (non-hydrogen) atoms. The van der Waals surface area contributed by atoms with Crippen LogP contribution in [-0.2, 0) is 6.42 Å². The lowest BCUT2D eigenvalue weighted by Crippen LogP contribution is -2.06. The average Bonchev–Trinajstić information content (AvgIpc) is 3.02. The van der Waals surface area contributed by atoms with Crippen LogP contribution < -0.4 is 0 Å². The third-order valence-corrected chi connectivity index (χ3v) is 7.73. The first kappa shape index (κ1) is 26.7. The Morgan fingerprint density at radius 2 is 0.857 bits per heavy atom. The van der Waals surface area contributed by atoms with Gasteiger partial charge in [0.15, 0.2) is 0 Å². The highest BCUT2D eigenvalue weighted by Gasteiger charge is 2.22. The van der Waals surface area contributed by atoms with Crippen molar-refractivity contribution in [3.05, 3.63) is 156 Å². The van der Waals surface area contributed by atoms with Gasteiger partial charge in [0.05, 0.1) is 0 Å². The smallest absolute Gasteiger partial charge is 0.119 e. The van der Waals surface area contributed by atoms with E-state index in [-0.39, 0.29) is 28.9 Å². The second kappa shape index (κ2) is 11.6. The van der Waals surface area contributed by atoms with Crippen LogP contribution in [-0.4, -0.2) is 20.4 Å². The Bertz CT molecular complexity index is 1810. The number of benzene rings is 6. The van der Waals surface area contributed by atoms with Crippen LogP contribution in [0.5, 0.6) is 23.0 Å². The number of aromatic hydroxyl groups is 4. The molecule has 0 radical (unpaired) electrons. The normalized spacial score (nSPS) is 11.7. The highest BCUT2D eigenvalue weighted by Crippen LogP contribution is 2.40. The van der Waals surface area contributed by atoms with Gasteiger partial charge in [-0.1, -0.05) is 91.0 Å². The summed E-state index contributed by atoms with van der Waals surface area (Å²) in [7, 11) is 0. The molecule has 4 heteroatoms. The molecule has 6 aromatic rings. The Morgan fingerprint density at radius 3 is 1.45 bits per heavy atom. The molecule has 0 aliphatic heterocycles. The number of phenols is 4. The van der Waals surface area contributed by atoms with Gasteiger partial charge in [0.25, 0.3) is 0 Å². The van der Waals surface area contributed by atoms with Crippen molar-refractivity contribution in [2.45, 2.75) is 12.3 Å². The zero-order valence-electron chi connectivity index (χ0n) is 22.9. The van der Waals surface area contributed by atoms with Crippen molar-refractivity contribution in [3.63, 3.8) is 0 Å². The maximum absolute atomic E-state index is 11.2. The average molecular weight is 551 g/mol. The molecule has 0 saturated carbocycles. The summed E-state index contributed by atoms with van der Waals surface area (Å²) in [4.78, 5) is 0. The highest BCUT2D eigenvalue weighted by atomic mass is 16.3. The van der Waals surface area contributed by atoms with Gasteiger partial charge in [-0.05, 0) is 99.5 Å². The van der Waals surface area contributed by atoms with Crippen molar-refractivity contribution in [2.24, 2.45) is 0 Å². The molecule has 0 saturated heterocycles. The molecule has 4 N–H and O–H groups in total. The molecule has 206 valence electrons. The Kier molecular flexibility index (Phi) is 7.35. The molecule has 0 amide bonds. The van der Waals surface area contributed by atoms with E-state index in [1.165, 1.54) is 0 Å². The van der Waals surface area contributed by atoms with E-state index < -0.39 is 0 Å². The molecule has 0 fully saturated rings. The van der Waals surface area contributed by atoms with Gasteiger partial charge in [-0.2, -0.15) is 0 Å². The van der Waals surface area contributed by atoms with E-state index in [0.29, 0.717) is 6.42 Å². The Hall–Kier alpha value is -5.48. The van der Waals surface area contributed by atoms with Gasteiger partial charge in [-0.15, -0.1) is 0 Å². The van der Waals surface area contributed by atoms with Gasteiger partial charge >= 0.3 is 0 Å². The fourth-order valence-corrected chi connectivity index (χ4v) is 5.42. The van der Waals surface area contributed by atoms with Crippen molar-refractivity contribution >= 4 is 0 Å². The van der Waals surface area contributed by atoms with Crippen molar-refractivity contribution < 1.29 is 20.4 Å². The summed E-state index contributed by atoms with van der Waals surface area (Å²) in [6, 6.07) is 43.6. The Morgan fingerprint density at radius 1 is 0.405 bits per heavy atom. The molecule has 0 aliphatic rings. The minimum absolute atomic E-state index is 0.170. The molecular formula is C38H30O4. The first-order valence-corrected chi connectivity index (χ1v) is 13.8. The minimum atomic E-state index is -0.271. The number of rotatable bonds is 7. The SMILES string of the molecule is Oc1ccc(-c2ccc(O)c(CC(c3ccc(-c4ccccc4)cc3)c3cc(-c4ccc(O)cc4)ccc3O)c2)cc1. The van der Waals surface area contributed by atoms with E-state index in [4.69, 9.17) is 0 Å². The van der Waals surface area contributed by atoms with Crippen LogP contribution in [0.25, 0.3) is 33.4 Å². The van der Waals surface area contributed by atoms with Crippen molar-refractivity contribution in [2.75, 3.05) is 0 Å². The van der Waals surface area contributed by atoms with Crippen LogP contribution in [0.4, 0.5) is 0 Å². The summed E-state index contributed by atoms with van der Waals surface area (Å²) in [5.41, 5.74) is 8.38. The lowest BCUT2D eigenvalue weighted by atomic mass is 9.83. The van der Waals surface area contributed by atoms with Gasteiger partial charge in [-0.3, -0.25) is 0 Å². The molecule has 0 aliphatic carbocycles. The predicted molar refractivity (Wildman–Crippen MR) is 168 cm³/mol. The van der Waals surface area contributed by atoms with E-state index >= 15 is 0 Å². The van der Waals surface area contributed by atoms with Gasteiger partial charge in [0.1, 0.15) is 23.0 Å². The largest absolute Gasteiger partial charge is 0.508 e. The van der Waals surface area contributed by atoms with Crippen molar-refractivity contribution in [1.82, 2.24) is 0 Å². The molecule has 1 unspecified atom stereocenters. The second-order valence-corrected chi connectivity index (χ2v) is 10.5. The fourth-order valence-electron chi connectivity index (χ4n) is 5.42.